The van der Waals surface area contributed by atoms with Crippen molar-refractivity contribution in [1.82, 2.24) is 15.1 Å². The molecular formula is C18H19N3O2S. The monoisotopic (exact) mass is 341 g/mol. The number of H-pyrrole nitrogens is 1. The molecule has 0 unspecified atom stereocenters. The second-order valence-corrected chi connectivity index (χ2v) is 7.17. The first-order valence-corrected chi connectivity index (χ1v) is 9.23. The van der Waals surface area contributed by atoms with E-state index in [1.54, 1.807) is 0 Å². The number of benzene rings is 1. The van der Waals surface area contributed by atoms with Gasteiger partial charge in [0.25, 0.3) is 0 Å². The van der Waals surface area contributed by atoms with E-state index in [-0.39, 0.29) is 11.9 Å². The van der Waals surface area contributed by atoms with E-state index in [0.29, 0.717) is 6.42 Å². The fraction of sp³-hybridized carbons (Fsp3) is 0.333. The lowest BCUT2D eigenvalue weighted by molar-refractivity contribution is -0.132. The van der Waals surface area contributed by atoms with Crippen molar-refractivity contribution in [3.05, 3.63) is 53.6 Å². The van der Waals surface area contributed by atoms with E-state index >= 15 is 0 Å². The summed E-state index contributed by atoms with van der Waals surface area (Å²) in [5.41, 5.74) is 1.77. The average Bonchev–Trinajstić information content (AvgIpc) is 3.22. The van der Waals surface area contributed by atoms with Gasteiger partial charge in [-0.2, -0.15) is 16.9 Å². The molecule has 1 N–H and O–H groups in total. The van der Waals surface area contributed by atoms with Gasteiger partial charge in [0.1, 0.15) is 11.5 Å². The Morgan fingerprint density at radius 2 is 2.25 bits per heavy atom. The maximum atomic E-state index is 12.9. The molecule has 0 spiro atoms. The first-order chi connectivity index (χ1) is 11.7. The van der Waals surface area contributed by atoms with Crippen molar-refractivity contribution in [3.63, 3.8) is 0 Å². The van der Waals surface area contributed by atoms with Gasteiger partial charge >= 0.3 is 0 Å². The number of nitrogens with zero attached hydrogens (tertiary/aromatic N) is 2. The number of thioether (sulfide) groups is 1. The standard InChI is InChI=1S/C18H19N3O2S/c1-12-6-7-17(23-12)16-11-24-9-8-21(16)18(22)10-15-13-4-2-3-5-14(13)19-20-15/h2-7,16H,8-11H2,1H3,(H,19,20)/t16-/m1/s1. The lowest BCUT2D eigenvalue weighted by Crippen LogP contribution is -2.41. The van der Waals surface area contributed by atoms with Crippen molar-refractivity contribution in [2.24, 2.45) is 0 Å². The van der Waals surface area contributed by atoms with Crippen molar-refractivity contribution >= 4 is 28.6 Å². The molecule has 0 radical (unpaired) electrons. The first kappa shape index (κ1) is 15.3. The van der Waals surface area contributed by atoms with Crippen LogP contribution in [0.1, 0.15) is 23.3 Å². The van der Waals surface area contributed by atoms with Gasteiger partial charge in [0.15, 0.2) is 0 Å². The Kier molecular flexibility index (Phi) is 4.06. The molecule has 0 saturated carbocycles. The minimum atomic E-state index is 0.0131. The quantitative estimate of drug-likeness (QED) is 0.794. The molecule has 2 aromatic heterocycles. The van der Waals surface area contributed by atoms with Gasteiger partial charge in [0.2, 0.25) is 5.91 Å². The maximum absolute atomic E-state index is 12.9. The molecule has 1 aliphatic rings. The zero-order valence-corrected chi connectivity index (χ0v) is 14.3. The zero-order valence-electron chi connectivity index (χ0n) is 13.5. The number of rotatable bonds is 3. The van der Waals surface area contributed by atoms with Crippen molar-refractivity contribution < 1.29 is 9.21 Å². The number of hydrogen-bond donors (Lipinski definition) is 1. The van der Waals surface area contributed by atoms with Crippen LogP contribution in [0.25, 0.3) is 10.9 Å². The topological polar surface area (TPSA) is 62.1 Å². The van der Waals surface area contributed by atoms with Crippen molar-refractivity contribution in [3.8, 4) is 0 Å². The molecule has 0 bridgehead atoms. The van der Waals surface area contributed by atoms with E-state index < -0.39 is 0 Å². The summed E-state index contributed by atoms with van der Waals surface area (Å²) < 4.78 is 5.78. The van der Waals surface area contributed by atoms with E-state index in [2.05, 4.69) is 10.2 Å². The molecule has 6 heteroatoms. The summed E-state index contributed by atoms with van der Waals surface area (Å²) >= 11 is 1.86. The second-order valence-electron chi connectivity index (χ2n) is 6.02. The van der Waals surface area contributed by atoms with Crippen LogP contribution in [0.5, 0.6) is 0 Å². The molecule has 1 aromatic carbocycles. The summed E-state index contributed by atoms with van der Waals surface area (Å²) in [5.74, 6) is 3.72. The number of fused-ring (bicyclic) bond motifs is 1. The van der Waals surface area contributed by atoms with E-state index in [9.17, 15) is 4.79 Å². The van der Waals surface area contributed by atoms with Gasteiger partial charge in [-0.05, 0) is 25.1 Å². The Balaban J connectivity index is 1.57. The summed E-state index contributed by atoms with van der Waals surface area (Å²) in [5, 5.41) is 8.31. The third-order valence-electron chi connectivity index (χ3n) is 4.41. The van der Waals surface area contributed by atoms with Crippen LogP contribution in [0.15, 0.2) is 40.8 Å². The summed E-state index contributed by atoms with van der Waals surface area (Å²) in [6, 6.07) is 11.8. The predicted molar refractivity (Wildman–Crippen MR) is 95.0 cm³/mol. The Hall–Kier alpha value is -2.21. The highest BCUT2D eigenvalue weighted by Crippen LogP contribution is 2.31. The van der Waals surface area contributed by atoms with Gasteiger partial charge in [-0.3, -0.25) is 9.89 Å². The number of nitrogens with one attached hydrogen (secondary N) is 1. The molecule has 1 fully saturated rings. The van der Waals surface area contributed by atoms with Crippen molar-refractivity contribution in [2.75, 3.05) is 18.1 Å². The number of para-hydroxylation sites is 1. The predicted octanol–water partition coefficient (Wildman–Crippen LogP) is 3.32. The number of aryl methyl sites for hydroxylation is 1. The zero-order chi connectivity index (χ0) is 16.5. The number of carbonyl (C=O) groups is 1. The Morgan fingerprint density at radius 3 is 3.08 bits per heavy atom. The van der Waals surface area contributed by atoms with Gasteiger partial charge in [0, 0.05) is 23.4 Å². The lowest BCUT2D eigenvalue weighted by Gasteiger charge is -2.34. The molecule has 24 heavy (non-hydrogen) atoms. The van der Waals surface area contributed by atoms with E-state index in [1.807, 2.05) is 60.0 Å². The minimum Gasteiger partial charge on any atom is -0.464 e. The summed E-state index contributed by atoms with van der Waals surface area (Å²) in [7, 11) is 0. The highest BCUT2D eigenvalue weighted by atomic mass is 32.2. The minimum absolute atomic E-state index is 0.0131. The largest absolute Gasteiger partial charge is 0.464 e. The van der Waals surface area contributed by atoms with E-state index in [1.165, 1.54) is 0 Å². The molecule has 124 valence electrons. The number of hydrogen-bond acceptors (Lipinski definition) is 4. The Bertz CT molecular complexity index is 870. The fourth-order valence-electron chi connectivity index (χ4n) is 3.17. The number of aromatic amines is 1. The molecule has 1 saturated heterocycles. The van der Waals surface area contributed by atoms with Gasteiger partial charge in [-0.25, -0.2) is 0 Å². The molecule has 0 aliphatic carbocycles. The molecule has 1 aliphatic heterocycles. The fourth-order valence-corrected chi connectivity index (χ4v) is 4.23. The SMILES string of the molecule is Cc1ccc([C@H]2CSCCN2C(=O)Cc2[nH]nc3ccccc23)o1. The van der Waals surface area contributed by atoms with Gasteiger partial charge in [-0.1, -0.05) is 18.2 Å². The highest BCUT2D eigenvalue weighted by Gasteiger charge is 2.30. The second kappa shape index (κ2) is 6.36. The number of aromatic nitrogens is 2. The van der Waals surface area contributed by atoms with Gasteiger partial charge in [-0.15, -0.1) is 0 Å². The Labute approximate surface area is 144 Å². The summed E-state index contributed by atoms with van der Waals surface area (Å²) in [6.07, 6.45) is 0.335. The molecule has 5 nitrogen and oxygen atoms in total. The maximum Gasteiger partial charge on any atom is 0.229 e. The average molecular weight is 341 g/mol. The Morgan fingerprint density at radius 1 is 1.38 bits per heavy atom. The third-order valence-corrected chi connectivity index (χ3v) is 5.43. The summed E-state index contributed by atoms with van der Waals surface area (Å²) in [6.45, 7) is 2.68. The number of carbonyl (C=O) groups excluding carboxylic acids is 1. The van der Waals surface area contributed by atoms with Crippen LogP contribution >= 0.6 is 11.8 Å². The normalized spacial score (nSPS) is 18.2. The van der Waals surface area contributed by atoms with Gasteiger partial charge < -0.3 is 9.32 Å². The van der Waals surface area contributed by atoms with E-state index in [0.717, 1.165) is 46.2 Å². The number of furan rings is 1. The lowest BCUT2D eigenvalue weighted by atomic mass is 10.1. The molecule has 3 heterocycles. The van der Waals surface area contributed by atoms with Gasteiger partial charge in [0.05, 0.1) is 23.7 Å². The van der Waals surface area contributed by atoms with E-state index in [4.69, 9.17) is 4.42 Å². The third kappa shape index (κ3) is 2.82. The van der Waals surface area contributed by atoms with Crippen LogP contribution in [0, 0.1) is 6.92 Å². The van der Waals surface area contributed by atoms with Crippen LogP contribution in [0.2, 0.25) is 0 Å². The molecule has 4 rings (SSSR count). The molecule has 1 atom stereocenters. The highest BCUT2D eigenvalue weighted by molar-refractivity contribution is 7.99. The van der Waals surface area contributed by atoms with Crippen LogP contribution in [-0.4, -0.2) is 39.1 Å². The van der Waals surface area contributed by atoms with Crippen molar-refractivity contribution in [2.45, 2.75) is 19.4 Å². The van der Waals surface area contributed by atoms with Crippen molar-refractivity contribution in [1.29, 1.82) is 0 Å². The smallest absolute Gasteiger partial charge is 0.229 e. The van der Waals surface area contributed by atoms with Crippen LogP contribution in [0.4, 0.5) is 0 Å². The van der Waals surface area contributed by atoms with Crippen LogP contribution in [-0.2, 0) is 11.2 Å². The first-order valence-electron chi connectivity index (χ1n) is 8.08. The molecule has 1 amide bonds. The van der Waals surface area contributed by atoms with Crippen LogP contribution < -0.4 is 0 Å². The molecule has 3 aromatic rings. The summed E-state index contributed by atoms with van der Waals surface area (Å²) in [4.78, 5) is 14.9. The number of amides is 1. The van der Waals surface area contributed by atoms with Crippen LogP contribution in [0.3, 0.4) is 0 Å². The molecular weight excluding hydrogens is 322 g/mol.